The molecule has 0 aliphatic carbocycles. The molecule has 2 aromatic heterocycles. The number of aryl methyl sites for hydroxylation is 1. The highest BCUT2D eigenvalue weighted by atomic mass is 35.5. The first-order valence-electron chi connectivity index (χ1n) is 5.31. The van der Waals surface area contributed by atoms with E-state index in [9.17, 15) is 0 Å². The minimum Gasteiger partial charge on any atom is -0.368 e. The molecule has 0 aliphatic rings. The van der Waals surface area contributed by atoms with Crippen molar-refractivity contribution < 1.29 is 0 Å². The second-order valence-corrected chi connectivity index (χ2v) is 5.18. The van der Waals surface area contributed by atoms with Gasteiger partial charge in [-0.1, -0.05) is 0 Å². The van der Waals surface area contributed by atoms with Crippen molar-refractivity contribution in [1.82, 2.24) is 9.97 Å². The summed E-state index contributed by atoms with van der Waals surface area (Å²) in [5, 5.41) is 3.19. The van der Waals surface area contributed by atoms with Crippen LogP contribution < -0.4 is 4.90 Å². The Balaban J connectivity index is 2.16. The zero-order valence-corrected chi connectivity index (χ0v) is 11.4. The molecule has 0 aromatic carbocycles. The number of halogens is 1. The van der Waals surface area contributed by atoms with Crippen LogP contribution in [0.25, 0.3) is 0 Å². The van der Waals surface area contributed by atoms with Crippen LogP contribution in [0.3, 0.4) is 0 Å². The summed E-state index contributed by atoms with van der Waals surface area (Å²) in [5.74, 6) is 0.476. The lowest BCUT2D eigenvalue weighted by Gasteiger charge is -2.20. The Labute approximate surface area is 110 Å². The second kappa shape index (κ2) is 5.47. The largest absolute Gasteiger partial charge is 0.368 e. The topological polar surface area (TPSA) is 29.0 Å². The number of nitrogens with zero attached hydrogens (tertiary/aromatic N) is 3. The van der Waals surface area contributed by atoms with Crippen molar-refractivity contribution in [2.75, 3.05) is 11.9 Å². The fourth-order valence-corrected chi connectivity index (χ4v) is 2.51. The zero-order chi connectivity index (χ0) is 12.3. The number of pyridine rings is 1. The van der Waals surface area contributed by atoms with Gasteiger partial charge in [-0.2, -0.15) is 0 Å². The van der Waals surface area contributed by atoms with E-state index in [2.05, 4.69) is 20.2 Å². The van der Waals surface area contributed by atoms with Gasteiger partial charge in [0.25, 0.3) is 0 Å². The monoisotopic (exact) mass is 267 g/mol. The third-order valence-electron chi connectivity index (χ3n) is 2.50. The Hall–Kier alpha value is -1.13. The van der Waals surface area contributed by atoms with Crippen LogP contribution in [-0.2, 0) is 12.4 Å². The normalized spacial score (nSPS) is 10.5. The van der Waals surface area contributed by atoms with Gasteiger partial charge in [0, 0.05) is 36.1 Å². The molecular formula is C12H14ClN3S. The average Bonchev–Trinajstić information content (AvgIpc) is 2.74. The molecule has 0 saturated heterocycles. The summed E-state index contributed by atoms with van der Waals surface area (Å²) in [4.78, 5) is 10.7. The van der Waals surface area contributed by atoms with Gasteiger partial charge in [-0.15, -0.1) is 22.9 Å². The highest BCUT2D eigenvalue weighted by Gasteiger charge is 2.08. The molecule has 0 unspecified atom stereocenters. The number of anilines is 1. The molecule has 0 atom stereocenters. The lowest BCUT2D eigenvalue weighted by Crippen LogP contribution is -2.18. The fraction of sp³-hybridized carbons (Fsp3) is 0.333. The first kappa shape index (κ1) is 12.3. The number of thiazole rings is 1. The molecule has 0 amide bonds. The number of hydrogen-bond acceptors (Lipinski definition) is 4. The molecule has 0 aliphatic heterocycles. The molecular weight excluding hydrogens is 254 g/mol. The van der Waals surface area contributed by atoms with Crippen molar-refractivity contribution in [2.45, 2.75) is 19.3 Å². The SMILES string of the molecule is Cc1nc(CN(C)c2ccncc2CCl)cs1. The molecule has 17 heavy (non-hydrogen) atoms. The Kier molecular flexibility index (Phi) is 3.97. The van der Waals surface area contributed by atoms with E-state index < -0.39 is 0 Å². The van der Waals surface area contributed by atoms with Crippen LogP contribution in [0.1, 0.15) is 16.3 Å². The number of aromatic nitrogens is 2. The zero-order valence-electron chi connectivity index (χ0n) is 9.85. The molecule has 2 aromatic rings. The van der Waals surface area contributed by atoms with Gasteiger partial charge in [0.05, 0.1) is 23.1 Å². The summed E-state index contributed by atoms with van der Waals surface area (Å²) in [5.41, 5.74) is 3.25. The molecule has 0 N–H and O–H groups in total. The molecule has 0 radical (unpaired) electrons. The number of rotatable bonds is 4. The summed E-state index contributed by atoms with van der Waals surface area (Å²) in [6.07, 6.45) is 3.60. The molecule has 2 rings (SSSR count). The van der Waals surface area contributed by atoms with E-state index >= 15 is 0 Å². The summed E-state index contributed by atoms with van der Waals surface area (Å²) in [6, 6.07) is 1.98. The average molecular weight is 268 g/mol. The molecule has 2 heterocycles. The van der Waals surface area contributed by atoms with Gasteiger partial charge in [-0.25, -0.2) is 4.98 Å². The summed E-state index contributed by atoms with van der Waals surface area (Å²) in [6.45, 7) is 2.81. The van der Waals surface area contributed by atoms with E-state index in [0.29, 0.717) is 5.88 Å². The highest BCUT2D eigenvalue weighted by Crippen LogP contribution is 2.21. The standard InChI is InChI=1S/C12H14ClN3S/c1-9-15-11(8-17-9)7-16(2)12-3-4-14-6-10(12)5-13/h3-4,6,8H,5,7H2,1-2H3. The van der Waals surface area contributed by atoms with Crippen molar-refractivity contribution in [3.8, 4) is 0 Å². The summed E-state index contributed by atoms with van der Waals surface area (Å²) in [7, 11) is 2.04. The summed E-state index contributed by atoms with van der Waals surface area (Å²) >= 11 is 7.58. The van der Waals surface area contributed by atoms with E-state index in [1.54, 1.807) is 17.5 Å². The number of alkyl halides is 1. The van der Waals surface area contributed by atoms with Crippen molar-refractivity contribution >= 4 is 28.6 Å². The molecule has 90 valence electrons. The lowest BCUT2D eigenvalue weighted by atomic mass is 10.2. The minimum atomic E-state index is 0.476. The van der Waals surface area contributed by atoms with Crippen LogP contribution in [-0.4, -0.2) is 17.0 Å². The Bertz CT molecular complexity index is 498. The molecule has 0 fully saturated rings. The van der Waals surface area contributed by atoms with Crippen molar-refractivity contribution in [3.63, 3.8) is 0 Å². The molecule has 3 nitrogen and oxygen atoms in total. The van der Waals surface area contributed by atoms with Crippen LogP contribution in [0, 0.1) is 6.92 Å². The fourth-order valence-electron chi connectivity index (χ4n) is 1.70. The predicted octanol–water partition coefficient (Wildman–Crippen LogP) is 3.22. The Morgan fingerprint density at radius 1 is 1.47 bits per heavy atom. The maximum atomic E-state index is 5.90. The predicted molar refractivity (Wildman–Crippen MR) is 72.8 cm³/mol. The van der Waals surface area contributed by atoms with Crippen molar-refractivity contribution in [1.29, 1.82) is 0 Å². The maximum absolute atomic E-state index is 5.90. The Morgan fingerprint density at radius 3 is 2.94 bits per heavy atom. The quantitative estimate of drug-likeness (QED) is 0.797. The van der Waals surface area contributed by atoms with E-state index in [1.807, 2.05) is 26.2 Å². The Morgan fingerprint density at radius 2 is 2.29 bits per heavy atom. The molecule has 0 bridgehead atoms. The molecule has 0 saturated carbocycles. The van der Waals surface area contributed by atoms with Crippen LogP contribution in [0.4, 0.5) is 5.69 Å². The molecule has 5 heteroatoms. The van der Waals surface area contributed by atoms with Crippen molar-refractivity contribution in [2.24, 2.45) is 0 Å². The first-order valence-corrected chi connectivity index (χ1v) is 6.73. The van der Waals surface area contributed by atoms with E-state index in [1.165, 1.54) is 0 Å². The van der Waals surface area contributed by atoms with E-state index in [-0.39, 0.29) is 0 Å². The van der Waals surface area contributed by atoms with Gasteiger partial charge in [0.1, 0.15) is 0 Å². The van der Waals surface area contributed by atoms with Gasteiger partial charge in [-0.3, -0.25) is 4.98 Å². The van der Waals surface area contributed by atoms with Crippen molar-refractivity contribution in [3.05, 3.63) is 40.1 Å². The number of hydrogen-bond donors (Lipinski definition) is 0. The third kappa shape index (κ3) is 2.96. The van der Waals surface area contributed by atoms with Crippen LogP contribution in [0.5, 0.6) is 0 Å². The van der Waals surface area contributed by atoms with E-state index in [0.717, 1.165) is 28.5 Å². The molecule has 0 spiro atoms. The van der Waals surface area contributed by atoms with Crippen LogP contribution >= 0.6 is 22.9 Å². The first-order chi connectivity index (χ1) is 8.20. The summed E-state index contributed by atoms with van der Waals surface area (Å²) < 4.78 is 0. The van der Waals surface area contributed by atoms with E-state index in [4.69, 9.17) is 11.6 Å². The van der Waals surface area contributed by atoms with Gasteiger partial charge in [0.2, 0.25) is 0 Å². The van der Waals surface area contributed by atoms with Gasteiger partial charge < -0.3 is 4.90 Å². The van der Waals surface area contributed by atoms with Crippen LogP contribution in [0.2, 0.25) is 0 Å². The smallest absolute Gasteiger partial charge is 0.0898 e. The minimum absolute atomic E-state index is 0.476. The van der Waals surface area contributed by atoms with Gasteiger partial charge in [0.15, 0.2) is 0 Å². The van der Waals surface area contributed by atoms with Gasteiger partial charge >= 0.3 is 0 Å². The maximum Gasteiger partial charge on any atom is 0.0898 e. The lowest BCUT2D eigenvalue weighted by molar-refractivity contribution is 0.882. The van der Waals surface area contributed by atoms with Crippen LogP contribution in [0.15, 0.2) is 23.8 Å². The highest BCUT2D eigenvalue weighted by molar-refractivity contribution is 7.09. The second-order valence-electron chi connectivity index (χ2n) is 3.85. The van der Waals surface area contributed by atoms with Gasteiger partial charge in [-0.05, 0) is 13.0 Å². The third-order valence-corrected chi connectivity index (χ3v) is 3.61.